The van der Waals surface area contributed by atoms with Crippen molar-refractivity contribution in [1.82, 2.24) is 9.62 Å². The lowest BCUT2D eigenvalue weighted by Gasteiger charge is -2.32. The molecule has 1 aromatic carbocycles. The standard InChI is InChI=1S/C18H24Cl2N2O6S/c1-4-29(24,25)21-11-5-7-22(8-6-11)14(23)10-26-15-12(19)9-13(20)16-17(15)28-18(2,3)27-16/h9,11,21H,4-8,10H2,1-3H3. The number of halogens is 2. The second-order valence-corrected chi connectivity index (χ2v) is 10.3. The fourth-order valence-corrected chi connectivity index (χ4v) is 4.66. The number of likely N-dealkylation sites (tertiary alicyclic amines) is 1. The number of sulfonamides is 1. The van der Waals surface area contributed by atoms with Gasteiger partial charge in [0.05, 0.1) is 15.8 Å². The van der Waals surface area contributed by atoms with Crippen LogP contribution in [0.15, 0.2) is 6.07 Å². The van der Waals surface area contributed by atoms with Crippen molar-refractivity contribution in [2.24, 2.45) is 0 Å². The highest BCUT2D eigenvalue weighted by Gasteiger charge is 2.37. The Hall–Kier alpha value is -1.42. The SMILES string of the molecule is CCS(=O)(=O)NC1CCN(C(=O)COc2c(Cl)cc(Cl)c3c2OC(C)(C)O3)CC1. The van der Waals surface area contributed by atoms with Crippen LogP contribution in [0.1, 0.15) is 33.6 Å². The third-order valence-electron chi connectivity index (χ3n) is 4.71. The van der Waals surface area contributed by atoms with Gasteiger partial charge in [-0.05, 0) is 25.8 Å². The highest BCUT2D eigenvalue weighted by Crippen LogP contribution is 2.53. The topological polar surface area (TPSA) is 94.2 Å². The summed E-state index contributed by atoms with van der Waals surface area (Å²) in [6.07, 6.45) is 1.10. The molecular formula is C18H24Cl2N2O6S. The smallest absolute Gasteiger partial charge is 0.260 e. The molecule has 0 unspecified atom stereocenters. The van der Waals surface area contributed by atoms with Crippen molar-refractivity contribution < 1.29 is 27.4 Å². The van der Waals surface area contributed by atoms with E-state index in [0.29, 0.717) is 36.7 Å². The van der Waals surface area contributed by atoms with E-state index in [9.17, 15) is 13.2 Å². The lowest BCUT2D eigenvalue weighted by molar-refractivity contribution is -0.134. The van der Waals surface area contributed by atoms with Crippen LogP contribution in [0.25, 0.3) is 0 Å². The minimum absolute atomic E-state index is 0.0365. The van der Waals surface area contributed by atoms with Crippen molar-refractivity contribution in [1.29, 1.82) is 0 Å². The zero-order valence-electron chi connectivity index (χ0n) is 16.5. The summed E-state index contributed by atoms with van der Waals surface area (Å²) in [5, 5.41) is 0.515. The number of hydrogen-bond donors (Lipinski definition) is 1. The number of ether oxygens (including phenoxy) is 3. The highest BCUT2D eigenvalue weighted by molar-refractivity contribution is 7.89. The van der Waals surface area contributed by atoms with Gasteiger partial charge in [-0.15, -0.1) is 0 Å². The van der Waals surface area contributed by atoms with Crippen LogP contribution in [0.5, 0.6) is 17.2 Å². The first kappa shape index (κ1) is 22.3. The molecule has 0 radical (unpaired) electrons. The summed E-state index contributed by atoms with van der Waals surface area (Å²) >= 11 is 12.4. The zero-order valence-corrected chi connectivity index (χ0v) is 18.8. The Morgan fingerprint density at radius 3 is 2.48 bits per heavy atom. The van der Waals surface area contributed by atoms with Gasteiger partial charge in [0.15, 0.2) is 18.1 Å². The number of carbonyl (C=O) groups excluding carboxylic acids is 1. The molecule has 2 aliphatic rings. The molecule has 0 saturated carbocycles. The lowest BCUT2D eigenvalue weighted by atomic mass is 10.1. The van der Waals surface area contributed by atoms with Gasteiger partial charge in [-0.1, -0.05) is 23.2 Å². The zero-order chi connectivity index (χ0) is 21.4. The predicted octanol–water partition coefficient (Wildman–Crippen LogP) is 2.81. The van der Waals surface area contributed by atoms with Crippen LogP contribution < -0.4 is 18.9 Å². The van der Waals surface area contributed by atoms with Gasteiger partial charge < -0.3 is 19.1 Å². The Balaban J connectivity index is 1.60. The lowest BCUT2D eigenvalue weighted by Crippen LogP contribution is -2.47. The average molecular weight is 467 g/mol. The Kier molecular flexibility index (Phi) is 6.43. The van der Waals surface area contributed by atoms with Gasteiger partial charge in [-0.2, -0.15) is 0 Å². The van der Waals surface area contributed by atoms with Gasteiger partial charge in [-0.3, -0.25) is 4.79 Å². The first-order valence-corrected chi connectivity index (χ1v) is 11.7. The van der Waals surface area contributed by atoms with Crippen molar-refractivity contribution in [2.75, 3.05) is 25.4 Å². The minimum Gasteiger partial charge on any atom is -0.478 e. The maximum atomic E-state index is 12.5. The van der Waals surface area contributed by atoms with Gasteiger partial charge in [0.2, 0.25) is 21.6 Å². The van der Waals surface area contributed by atoms with Crippen molar-refractivity contribution in [3.05, 3.63) is 16.1 Å². The molecule has 8 nitrogen and oxygen atoms in total. The largest absolute Gasteiger partial charge is 0.478 e. The van der Waals surface area contributed by atoms with Gasteiger partial charge in [0.1, 0.15) is 0 Å². The predicted molar refractivity (Wildman–Crippen MR) is 109 cm³/mol. The Morgan fingerprint density at radius 2 is 1.86 bits per heavy atom. The number of carbonyl (C=O) groups is 1. The van der Waals surface area contributed by atoms with E-state index in [-0.39, 0.29) is 40.8 Å². The monoisotopic (exact) mass is 466 g/mol. The molecule has 0 aromatic heterocycles. The maximum absolute atomic E-state index is 12.5. The van der Waals surface area contributed by atoms with Gasteiger partial charge in [0.25, 0.3) is 5.91 Å². The summed E-state index contributed by atoms with van der Waals surface area (Å²) in [5.41, 5.74) is 0. The van der Waals surface area contributed by atoms with Crippen LogP contribution in [0.3, 0.4) is 0 Å². The second kappa shape index (κ2) is 8.37. The number of nitrogens with one attached hydrogen (secondary N) is 1. The molecule has 1 saturated heterocycles. The summed E-state index contributed by atoms with van der Waals surface area (Å²) in [6.45, 7) is 5.69. The van der Waals surface area contributed by atoms with Crippen LogP contribution in [0, 0.1) is 0 Å². The molecule has 2 aliphatic heterocycles. The molecule has 0 bridgehead atoms. The number of amides is 1. The summed E-state index contributed by atoms with van der Waals surface area (Å²) in [7, 11) is -3.26. The first-order valence-electron chi connectivity index (χ1n) is 9.32. The molecule has 1 aromatic rings. The van der Waals surface area contributed by atoms with E-state index in [4.69, 9.17) is 37.4 Å². The summed E-state index contributed by atoms with van der Waals surface area (Å²) in [6, 6.07) is 1.32. The molecule has 1 amide bonds. The van der Waals surface area contributed by atoms with Crippen molar-refractivity contribution >= 4 is 39.1 Å². The second-order valence-electron chi connectivity index (χ2n) is 7.40. The first-order chi connectivity index (χ1) is 13.5. The van der Waals surface area contributed by atoms with E-state index in [2.05, 4.69) is 4.72 Å². The quantitative estimate of drug-likeness (QED) is 0.692. The molecule has 2 heterocycles. The minimum atomic E-state index is -3.26. The number of fused-ring (bicyclic) bond motifs is 1. The third kappa shape index (κ3) is 5.20. The van der Waals surface area contributed by atoms with E-state index in [1.54, 1.807) is 25.7 Å². The number of piperidine rings is 1. The van der Waals surface area contributed by atoms with Crippen molar-refractivity contribution in [3.63, 3.8) is 0 Å². The van der Waals surface area contributed by atoms with Crippen LogP contribution in [-0.4, -0.2) is 56.5 Å². The summed E-state index contributed by atoms with van der Waals surface area (Å²) < 4.78 is 43.1. The molecule has 0 spiro atoms. The van der Waals surface area contributed by atoms with Crippen LogP contribution >= 0.6 is 23.2 Å². The van der Waals surface area contributed by atoms with E-state index >= 15 is 0 Å². The maximum Gasteiger partial charge on any atom is 0.260 e. The number of nitrogens with zero attached hydrogens (tertiary/aromatic N) is 1. The normalized spacial score (nSPS) is 18.7. The van der Waals surface area contributed by atoms with Crippen molar-refractivity contribution in [2.45, 2.75) is 45.4 Å². The molecule has 162 valence electrons. The molecule has 1 fully saturated rings. The fraction of sp³-hybridized carbons (Fsp3) is 0.611. The highest BCUT2D eigenvalue weighted by atomic mass is 35.5. The number of benzene rings is 1. The molecule has 29 heavy (non-hydrogen) atoms. The van der Waals surface area contributed by atoms with Crippen LogP contribution in [0.2, 0.25) is 10.0 Å². The summed E-state index contributed by atoms with van der Waals surface area (Å²) in [5.74, 6) is -0.308. The van der Waals surface area contributed by atoms with Gasteiger partial charge in [0, 0.05) is 33.0 Å². The summed E-state index contributed by atoms with van der Waals surface area (Å²) in [4.78, 5) is 14.2. The average Bonchev–Trinajstić information content (AvgIpc) is 2.97. The molecule has 3 rings (SSSR count). The Morgan fingerprint density at radius 1 is 1.24 bits per heavy atom. The molecule has 11 heteroatoms. The Labute approximate surface area is 180 Å². The van der Waals surface area contributed by atoms with Gasteiger partial charge in [-0.25, -0.2) is 13.1 Å². The van der Waals surface area contributed by atoms with Crippen LogP contribution in [-0.2, 0) is 14.8 Å². The molecule has 0 atom stereocenters. The van der Waals surface area contributed by atoms with Crippen LogP contribution in [0.4, 0.5) is 0 Å². The molecular weight excluding hydrogens is 443 g/mol. The van der Waals surface area contributed by atoms with Gasteiger partial charge >= 0.3 is 0 Å². The fourth-order valence-electron chi connectivity index (χ4n) is 3.21. The van der Waals surface area contributed by atoms with E-state index < -0.39 is 15.8 Å². The van der Waals surface area contributed by atoms with E-state index in [0.717, 1.165) is 0 Å². The van der Waals surface area contributed by atoms with Crippen molar-refractivity contribution in [3.8, 4) is 17.2 Å². The molecule has 1 N–H and O–H groups in total. The molecule has 0 aliphatic carbocycles. The number of hydrogen-bond acceptors (Lipinski definition) is 6. The Bertz CT molecular complexity index is 898. The number of rotatable bonds is 6. The van der Waals surface area contributed by atoms with E-state index in [1.165, 1.54) is 6.07 Å². The third-order valence-corrected chi connectivity index (χ3v) is 6.72. The van der Waals surface area contributed by atoms with E-state index in [1.807, 2.05) is 0 Å².